The molecule has 8 heteroatoms. The Balaban J connectivity index is 1.21. The van der Waals surface area contributed by atoms with Gasteiger partial charge in [-0.2, -0.15) is 0 Å². The van der Waals surface area contributed by atoms with Gasteiger partial charge < -0.3 is 9.47 Å². The molecule has 2 rings (SSSR count). The molecule has 0 N–H and O–H groups in total. The van der Waals surface area contributed by atoms with Crippen LogP contribution in [-0.2, 0) is 19.1 Å². The first-order valence-corrected chi connectivity index (χ1v) is 19.4. The van der Waals surface area contributed by atoms with Gasteiger partial charge in [0.1, 0.15) is 0 Å². The number of unbranched alkanes of at least 4 members (excludes halogenated alkanes) is 11. The molecule has 4 nitrogen and oxygen atoms in total. The third-order valence-corrected chi connectivity index (χ3v) is 12.8. The number of esters is 2. The van der Waals surface area contributed by atoms with Crippen LogP contribution in [0.3, 0.4) is 0 Å². The lowest BCUT2D eigenvalue weighted by Gasteiger charge is -2.08. The Morgan fingerprint density at radius 3 is 1.28 bits per heavy atom. The maximum atomic E-state index is 11.8. The molecule has 2 aliphatic heterocycles. The number of ether oxygens (including phenoxy) is 2. The molecule has 2 fully saturated rings. The summed E-state index contributed by atoms with van der Waals surface area (Å²) < 4.78 is 10.8. The number of carbonyl (C=O) groups is 2. The zero-order valence-electron chi connectivity index (χ0n) is 22.4. The first-order chi connectivity index (χ1) is 17.7. The van der Waals surface area contributed by atoms with Gasteiger partial charge in [0.25, 0.3) is 0 Å². The number of hydrogen-bond donors (Lipinski definition) is 0. The minimum atomic E-state index is -0.00802. The highest BCUT2D eigenvalue weighted by atomic mass is 33.1. The number of carbonyl (C=O) groups excluding carboxylic acids is 2. The normalized spacial score (nSPS) is 19.6. The lowest BCUT2D eigenvalue weighted by molar-refractivity contribution is -0.144. The Kier molecular flexibility index (Phi) is 21.0. The average Bonchev–Trinajstić information content (AvgIpc) is 3.59. The monoisotopic (exact) mass is 578 g/mol. The molecule has 2 saturated heterocycles. The Labute approximate surface area is 236 Å². The van der Waals surface area contributed by atoms with Crippen molar-refractivity contribution in [2.45, 2.75) is 139 Å². The molecule has 36 heavy (non-hydrogen) atoms. The summed E-state index contributed by atoms with van der Waals surface area (Å²) in [4.78, 5) is 23.6. The van der Waals surface area contributed by atoms with Crippen LogP contribution in [0.1, 0.15) is 128 Å². The number of rotatable bonds is 23. The third kappa shape index (κ3) is 18.6. The fraction of sp³-hybridized carbons (Fsp3) is 0.929. The van der Waals surface area contributed by atoms with E-state index in [2.05, 4.69) is 0 Å². The molecule has 2 aliphatic rings. The highest BCUT2D eigenvalue weighted by Gasteiger charge is 2.17. The van der Waals surface area contributed by atoms with E-state index in [-0.39, 0.29) is 11.9 Å². The summed E-state index contributed by atoms with van der Waals surface area (Å²) in [6.07, 6.45) is 22.5. The Morgan fingerprint density at radius 2 is 0.917 bits per heavy atom. The largest absolute Gasteiger partial charge is 0.466 e. The van der Waals surface area contributed by atoms with E-state index in [1.807, 2.05) is 43.2 Å². The van der Waals surface area contributed by atoms with Crippen molar-refractivity contribution in [1.29, 1.82) is 0 Å². The van der Waals surface area contributed by atoms with Crippen LogP contribution in [0.2, 0.25) is 0 Å². The van der Waals surface area contributed by atoms with E-state index in [0.717, 1.165) is 61.9 Å². The highest BCUT2D eigenvalue weighted by Crippen LogP contribution is 2.40. The van der Waals surface area contributed by atoms with Crippen LogP contribution in [0, 0.1) is 0 Å². The first kappa shape index (κ1) is 32.6. The Morgan fingerprint density at radius 1 is 0.528 bits per heavy atom. The van der Waals surface area contributed by atoms with Gasteiger partial charge in [-0.05, 0) is 51.4 Å². The molecule has 0 aliphatic carbocycles. The van der Waals surface area contributed by atoms with Crippen LogP contribution in [0.5, 0.6) is 0 Å². The summed E-state index contributed by atoms with van der Waals surface area (Å²) >= 11 is 0. The van der Waals surface area contributed by atoms with Crippen molar-refractivity contribution in [1.82, 2.24) is 0 Å². The van der Waals surface area contributed by atoms with E-state index in [1.54, 1.807) is 0 Å². The molecule has 0 spiro atoms. The van der Waals surface area contributed by atoms with E-state index in [4.69, 9.17) is 9.47 Å². The quantitative estimate of drug-likeness (QED) is 0.0675. The fourth-order valence-electron chi connectivity index (χ4n) is 4.55. The summed E-state index contributed by atoms with van der Waals surface area (Å²) in [5.41, 5.74) is 0. The summed E-state index contributed by atoms with van der Waals surface area (Å²) in [5.74, 6) is 2.56. The van der Waals surface area contributed by atoms with Crippen molar-refractivity contribution in [3.05, 3.63) is 0 Å². The van der Waals surface area contributed by atoms with Crippen LogP contribution < -0.4 is 0 Å². The molecular formula is C28H50O4S4. The topological polar surface area (TPSA) is 52.6 Å². The second-order valence-corrected chi connectivity index (χ2v) is 15.7. The zero-order chi connectivity index (χ0) is 25.5. The second kappa shape index (κ2) is 23.2. The van der Waals surface area contributed by atoms with Crippen LogP contribution in [-0.4, -0.2) is 47.2 Å². The van der Waals surface area contributed by atoms with Gasteiger partial charge >= 0.3 is 11.9 Å². The van der Waals surface area contributed by atoms with Crippen molar-refractivity contribution < 1.29 is 19.1 Å². The summed E-state index contributed by atoms with van der Waals surface area (Å²) in [6.45, 7) is 1.19. The van der Waals surface area contributed by atoms with Gasteiger partial charge in [0.2, 0.25) is 0 Å². The third-order valence-electron chi connectivity index (χ3n) is 6.83. The molecule has 0 amide bonds. The van der Waals surface area contributed by atoms with E-state index in [0.29, 0.717) is 26.1 Å². The van der Waals surface area contributed by atoms with E-state index in [9.17, 15) is 9.59 Å². The Hall–Kier alpha value is 0.340. The molecular weight excluding hydrogens is 529 g/mol. The molecule has 0 bridgehead atoms. The molecule has 210 valence electrons. The van der Waals surface area contributed by atoms with Crippen molar-refractivity contribution >= 4 is 55.1 Å². The van der Waals surface area contributed by atoms with Crippen molar-refractivity contribution in [2.75, 3.05) is 24.7 Å². The minimum absolute atomic E-state index is 0.00802. The van der Waals surface area contributed by atoms with Gasteiger partial charge in [0.15, 0.2) is 0 Å². The molecule has 0 aromatic rings. The molecule has 0 saturated carbocycles. The molecule has 2 unspecified atom stereocenters. The predicted molar refractivity (Wildman–Crippen MR) is 162 cm³/mol. The highest BCUT2D eigenvalue weighted by molar-refractivity contribution is 8.77. The van der Waals surface area contributed by atoms with Gasteiger partial charge in [-0.25, -0.2) is 0 Å². The van der Waals surface area contributed by atoms with E-state index in [1.165, 1.54) is 75.7 Å². The van der Waals surface area contributed by atoms with E-state index >= 15 is 0 Å². The molecule has 2 heterocycles. The van der Waals surface area contributed by atoms with Gasteiger partial charge in [-0.15, -0.1) is 0 Å². The smallest absolute Gasteiger partial charge is 0.305 e. The lowest BCUT2D eigenvalue weighted by atomic mass is 10.1. The van der Waals surface area contributed by atoms with Crippen LogP contribution in [0.15, 0.2) is 0 Å². The first-order valence-electron chi connectivity index (χ1n) is 14.6. The summed E-state index contributed by atoms with van der Waals surface area (Å²) in [5, 5.41) is 1.62. The summed E-state index contributed by atoms with van der Waals surface area (Å²) in [7, 11) is 8.02. The van der Waals surface area contributed by atoms with Gasteiger partial charge in [-0.3, -0.25) is 9.59 Å². The van der Waals surface area contributed by atoms with Gasteiger partial charge in [0.05, 0.1) is 13.2 Å². The molecule has 0 aromatic heterocycles. The summed E-state index contributed by atoms with van der Waals surface area (Å²) in [6, 6.07) is 0. The SMILES string of the molecule is O=C(CCCCC1CCSS1)OCCCCCCCCCCCCOC(=O)CCCCC1CCSS1. The maximum Gasteiger partial charge on any atom is 0.305 e. The van der Waals surface area contributed by atoms with Crippen molar-refractivity contribution in [3.8, 4) is 0 Å². The van der Waals surface area contributed by atoms with Crippen LogP contribution in [0.25, 0.3) is 0 Å². The fourth-order valence-corrected chi connectivity index (χ4v) is 10.6. The van der Waals surface area contributed by atoms with Crippen LogP contribution >= 0.6 is 43.2 Å². The molecule has 0 radical (unpaired) electrons. The van der Waals surface area contributed by atoms with Gasteiger partial charge in [-0.1, -0.05) is 107 Å². The molecule has 2 atom stereocenters. The standard InChI is InChI=1S/C28H50O4S4/c29-27(17-11-9-15-25-19-23-33-35-25)31-21-13-7-5-3-1-2-4-6-8-14-22-32-28(30)18-12-10-16-26-20-24-34-36-26/h25-26H,1-24H2. The van der Waals surface area contributed by atoms with Crippen molar-refractivity contribution in [3.63, 3.8) is 0 Å². The molecule has 0 aromatic carbocycles. The lowest BCUT2D eigenvalue weighted by Crippen LogP contribution is -2.06. The Bertz CT molecular complexity index is 504. The maximum absolute atomic E-state index is 11.8. The van der Waals surface area contributed by atoms with Gasteiger partial charge in [0, 0.05) is 34.8 Å². The van der Waals surface area contributed by atoms with Crippen LogP contribution in [0.4, 0.5) is 0 Å². The zero-order valence-corrected chi connectivity index (χ0v) is 25.7. The van der Waals surface area contributed by atoms with E-state index < -0.39 is 0 Å². The predicted octanol–water partition coefficient (Wildman–Crippen LogP) is 9.40. The number of hydrogen-bond acceptors (Lipinski definition) is 8. The second-order valence-electron chi connectivity index (χ2n) is 10.1. The minimum Gasteiger partial charge on any atom is -0.466 e. The van der Waals surface area contributed by atoms with Crippen molar-refractivity contribution in [2.24, 2.45) is 0 Å². The average molecular weight is 579 g/mol.